The number of hydrogen-bond donors (Lipinski definition) is 0. The summed E-state index contributed by atoms with van der Waals surface area (Å²) in [6, 6.07) is 0. The van der Waals surface area contributed by atoms with Gasteiger partial charge in [-0.15, -0.1) is 32.4 Å². The van der Waals surface area contributed by atoms with Crippen molar-refractivity contribution in [2.75, 3.05) is 29.8 Å². The smallest absolute Gasteiger partial charge is 0.0134 e. The molecular formula is C24H54S4. The molecule has 0 aromatic heterocycles. The summed E-state index contributed by atoms with van der Waals surface area (Å²) in [5, 5.41) is -1.59. The molecule has 0 N–H and O–H groups in total. The summed E-state index contributed by atoms with van der Waals surface area (Å²) in [4.78, 5) is 0. The van der Waals surface area contributed by atoms with E-state index >= 15 is 0 Å². The Balaban J connectivity index is 6.22. The van der Waals surface area contributed by atoms with Gasteiger partial charge in [0.25, 0.3) is 0 Å². The van der Waals surface area contributed by atoms with E-state index in [4.69, 9.17) is 0 Å². The lowest BCUT2D eigenvalue weighted by Crippen LogP contribution is -2.37. The Labute approximate surface area is 190 Å². The zero-order chi connectivity index (χ0) is 22.0. The third-order valence-electron chi connectivity index (χ3n) is 5.99. The van der Waals surface area contributed by atoms with Gasteiger partial charge in [0.15, 0.2) is 0 Å². The molecule has 0 saturated carbocycles. The molecule has 2 unspecified atom stereocenters. The van der Waals surface area contributed by atoms with Crippen molar-refractivity contribution in [2.45, 2.75) is 112 Å². The van der Waals surface area contributed by atoms with Gasteiger partial charge in [0.05, 0.1) is 0 Å². The van der Waals surface area contributed by atoms with Crippen molar-refractivity contribution < 1.29 is 0 Å². The second kappa shape index (κ2) is 11.9. The van der Waals surface area contributed by atoms with Crippen LogP contribution >= 0.6 is 37.8 Å². The lowest BCUT2D eigenvalue weighted by Gasteiger charge is -2.75. The maximum absolute atomic E-state index is 2.78. The predicted octanol–water partition coefficient (Wildman–Crippen LogP) is 10.3. The minimum atomic E-state index is -2.40. The highest BCUT2D eigenvalue weighted by Crippen LogP contribution is 3.08. The van der Waals surface area contributed by atoms with Gasteiger partial charge in [-0.2, -0.15) is 5.39 Å². The van der Waals surface area contributed by atoms with E-state index in [1.807, 2.05) is 0 Å². The first-order valence-electron chi connectivity index (χ1n) is 11.9. The van der Waals surface area contributed by atoms with E-state index < -0.39 is 5.39 Å². The molecule has 2 atom stereocenters. The molecule has 0 bridgehead atoms. The molecular weight excluding hydrogens is 417 g/mol. The molecule has 0 nitrogen and oxygen atoms in total. The first-order valence-corrected chi connectivity index (χ1v) is 19.7. The SMILES string of the molecule is CCCCSS(C)(C)(CC(CC)C(C)(C)C)(SCCCC)SC(CC)CCC. The Morgan fingerprint density at radius 1 is 0.750 bits per heavy atom. The molecule has 0 aliphatic heterocycles. The van der Waals surface area contributed by atoms with E-state index in [9.17, 15) is 0 Å². The van der Waals surface area contributed by atoms with Gasteiger partial charge in [-0.3, -0.25) is 0 Å². The summed E-state index contributed by atoms with van der Waals surface area (Å²) in [7, 11) is 7.32. The first kappa shape index (κ1) is 29.4. The minimum absolute atomic E-state index is 0.386. The largest absolute Gasteiger partial charge is 0.171 e. The quantitative estimate of drug-likeness (QED) is 0.162. The highest BCUT2D eigenvalue weighted by Gasteiger charge is 2.56. The van der Waals surface area contributed by atoms with E-state index in [-0.39, 0.29) is 0 Å². The fourth-order valence-electron chi connectivity index (χ4n) is 3.97. The summed E-state index contributed by atoms with van der Waals surface area (Å²) in [5.74, 6) is 4.87. The van der Waals surface area contributed by atoms with E-state index in [0.717, 1.165) is 11.2 Å². The summed E-state index contributed by atoms with van der Waals surface area (Å²) in [6.45, 7) is 19.3. The normalized spacial score (nSPS) is 17.8. The Morgan fingerprint density at radius 2 is 1.25 bits per heavy atom. The Kier molecular flexibility index (Phi) is 12.5. The highest BCUT2D eigenvalue weighted by atomic mass is 33.9. The predicted molar refractivity (Wildman–Crippen MR) is 149 cm³/mol. The molecule has 0 heterocycles. The molecule has 174 valence electrons. The molecule has 0 spiro atoms. The van der Waals surface area contributed by atoms with Crippen LogP contribution in [0.5, 0.6) is 0 Å². The summed E-state index contributed by atoms with van der Waals surface area (Å²) in [6.07, 6.45) is 16.2. The van der Waals surface area contributed by atoms with Crippen LogP contribution in [-0.2, 0) is 0 Å². The topological polar surface area (TPSA) is 0 Å². The molecule has 0 fully saturated rings. The number of hydrogen-bond acceptors (Lipinski definition) is 3. The van der Waals surface area contributed by atoms with Crippen LogP contribution in [0.25, 0.3) is 0 Å². The standard InChI is InChI=1S/C24H54S4/c1-11-16-19-25-28(9,10,26-20-17-12-2,27-23(15-5)18-13-3)21-22(14-4)24(6,7)8/h22-23H,11-21H2,1-10H3. The summed E-state index contributed by atoms with van der Waals surface area (Å²) < 4.78 is 0. The zero-order valence-electron chi connectivity index (χ0n) is 21.1. The summed E-state index contributed by atoms with van der Waals surface area (Å²) >= 11 is 0. The van der Waals surface area contributed by atoms with Crippen molar-refractivity contribution in [1.82, 2.24) is 0 Å². The number of unbranched alkanes of at least 4 members (excludes halogenated alkanes) is 2. The Hall–Kier alpha value is 1.40. The average molecular weight is 471 g/mol. The second-order valence-electron chi connectivity index (χ2n) is 10.4. The van der Waals surface area contributed by atoms with E-state index in [0.29, 0.717) is 5.41 Å². The van der Waals surface area contributed by atoms with Crippen LogP contribution in [0.2, 0.25) is 0 Å². The first-order chi connectivity index (χ1) is 12.8. The van der Waals surface area contributed by atoms with Crippen LogP contribution in [0.3, 0.4) is 0 Å². The molecule has 0 amide bonds. The molecule has 0 aromatic rings. The minimum Gasteiger partial charge on any atom is -0.171 e. The van der Waals surface area contributed by atoms with Crippen molar-refractivity contribution in [3.05, 3.63) is 0 Å². The maximum atomic E-state index is 2.78. The van der Waals surface area contributed by atoms with Crippen LogP contribution in [0.1, 0.15) is 107 Å². The van der Waals surface area contributed by atoms with Gasteiger partial charge in [-0.05, 0) is 55.3 Å². The molecule has 28 heavy (non-hydrogen) atoms. The second-order valence-corrected chi connectivity index (χ2v) is 33.0. The van der Waals surface area contributed by atoms with E-state index in [2.05, 4.69) is 100 Å². The van der Waals surface area contributed by atoms with Crippen LogP contribution in [0.15, 0.2) is 0 Å². The van der Waals surface area contributed by atoms with Crippen molar-refractivity contribution in [3.63, 3.8) is 0 Å². The molecule has 0 rings (SSSR count). The van der Waals surface area contributed by atoms with E-state index in [1.165, 1.54) is 68.6 Å². The lowest BCUT2D eigenvalue weighted by atomic mass is 9.80. The van der Waals surface area contributed by atoms with Crippen molar-refractivity contribution >= 4 is 37.8 Å². The molecule has 0 aliphatic carbocycles. The van der Waals surface area contributed by atoms with Crippen molar-refractivity contribution in [1.29, 1.82) is 0 Å². The molecule has 4 heteroatoms. The van der Waals surface area contributed by atoms with E-state index in [1.54, 1.807) is 0 Å². The summed E-state index contributed by atoms with van der Waals surface area (Å²) in [5.41, 5.74) is 0.386. The number of rotatable bonds is 16. The zero-order valence-corrected chi connectivity index (χ0v) is 24.3. The van der Waals surface area contributed by atoms with Gasteiger partial charge in [0.2, 0.25) is 0 Å². The Bertz CT molecular complexity index is 422. The molecule has 0 saturated heterocycles. The third-order valence-corrected chi connectivity index (χ3v) is 26.5. The maximum Gasteiger partial charge on any atom is 0.0134 e. The van der Waals surface area contributed by atoms with Crippen LogP contribution < -0.4 is 0 Å². The van der Waals surface area contributed by atoms with Gasteiger partial charge in [-0.1, -0.05) is 81.1 Å². The van der Waals surface area contributed by atoms with Crippen molar-refractivity contribution in [3.8, 4) is 0 Å². The van der Waals surface area contributed by atoms with Gasteiger partial charge in [-0.25, -0.2) is 0 Å². The molecule has 0 aromatic carbocycles. The van der Waals surface area contributed by atoms with Crippen LogP contribution in [0, 0.1) is 11.3 Å². The van der Waals surface area contributed by atoms with Gasteiger partial charge >= 0.3 is 0 Å². The highest BCUT2D eigenvalue weighted by molar-refractivity contribution is 9.63. The van der Waals surface area contributed by atoms with Gasteiger partial charge in [0, 0.05) is 16.8 Å². The van der Waals surface area contributed by atoms with Crippen LogP contribution in [-0.4, -0.2) is 35.0 Å². The third kappa shape index (κ3) is 9.69. The van der Waals surface area contributed by atoms with Gasteiger partial charge in [0.1, 0.15) is 0 Å². The monoisotopic (exact) mass is 470 g/mol. The fourth-order valence-corrected chi connectivity index (χ4v) is 26.6. The Morgan fingerprint density at radius 3 is 1.57 bits per heavy atom. The van der Waals surface area contributed by atoms with Gasteiger partial charge < -0.3 is 0 Å². The fraction of sp³-hybridized carbons (Fsp3) is 1.00. The molecule has 0 aliphatic rings. The average Bonchev–Trinajstić information content (AvgIpc) is 2.59. The van der Waals surface area contributed by atoms with Crippen molar-refractivity contribution in [2.24, 2.45) is 11.3 Å². The molecule has 0 radical (unpaired) electrons. The van der Waals surface area contributed by atoms with Crippen LogP contribution in [0.4, 0.5) is 0 Å². The lowest BCUT2D eigenvalue weighted by molar-refractivity contribution is 0.259.